The van der Waals surface area contributed by atoms with Gasteiger partial charge in [0, 0.05) is 0 Å². The third kappa shape index (κ3) is 7.04. The first-order valence-electron chi connectivity index (χ1n) is 2.03. The Kier molecular flexibility index (Phi) is 8.96. The van der Waals surface area contributed by atoms with E-state index < -0.39 is 22.6 Å². The van der Waals surface area contributed by atoms with Crippen LogP contribution >= 0.6 is 12.6 Å². The van der Waals surface area contributed by atoms with E-state index in [1.54, 1.807) is 0 Å². The summed E-state index contributed by atoms with van der Waals surface area (Å²) >= 11 is 0.855. The Morgan fingerprint density at radius 3 is 2.40 bits per heavy atom. The van der Waals surface area contributed by atoms with Crippen LogP contribution in [-0.2, 0) is 20.3 Å². The van der Waals surface area contributed by atoms with Crippen LogP contribution < -0.4 is 29.6 Å². The van der Waals surface area contributed by atoms with Gasteiger partial charge in [0.2, 0.25) is 0 Å². The van der Waals surface area contributed by atoms with Crippen molar-refractivity contribution in [1.29, 1.82) is 0 Å². The summed E-state index contributed by atoms with van der Waals surface area (Å²) in [4.78, 5) is 10.3. The smallest absolute Gasteiger partial charge is 1.00 e. The molecule has 0 saturated carbocycles. The number of hydrogen-bond donors (Lipinski definition) is 1. The van der Waals surface area contributed by atoms with Gasteiger partial charge in [-0.3, -0.25) is 0 Å². The zero-order valence-corrected chi connectivity index (χ0v) is 9.28. The van der Waals surface area contributed by atoms with E-state index in [1.165, 1.54) is 6.92 Å². The molecule has 2 unspecified atom stereocenters. The molecule has 0 heterocycles. The Bertz CT molecular complexity index is 141. The van der Waals surface area contributed by atoms with Crippen LogP contribution in [0.5, 0.6) is 0 Å². The maximum absolute atomic E-state index is 10.3. The number of thiol groups is 1. The SMILES string of the molecule is CC(S)C(=O)OS(=O)[O-].[H-].[Na+]. The monoisotopic (exact) mass is 193 g/mol. The minimum Gasteiger partial charge on any atom is -1.00 e. The zero-order chi connectivity index (χ0) is 7.44. The Balaban J connectivity index is -0.000000320. The summed E-state index contributed by atoms with van der Waals surface area (Å²) in [5, 5.41) is -0.706. The molecule has 10 heavy (non-hydrogen) atoms. The minimum absolute atomic E-state index is 0. The molecule has 7 heteroatoms. The maximum atomic E-state index is 10.3. The van der Waals surface area contributed by atoms with Crippen LogP contribution in [0, 0.1) is 0 Å². The molecule has 0 radical (unpaired) electrons. The van der Waals surface area contributed by atoms with Gasteiger partial charge < -0.3 is 10.2 Å². The molecule has 0 spiro atoms. The summed E-state index contributed by atoms with van der Waals surface area (Å²) in [5.74, 6) is -0.869. The second-order valence-electron chi connectivity index (χ2n) is 1.28. The molecule has 0 aliphatic rings. The van der Waals surface area contributed by atoms with Crippen molar-refractivity contribution >= 4 is 30.0 Å². The zero-order valence-electron chi connectivity index (χ0n) is 6.57. The summed E-state index contributed by atoms with van der Waals surface area (Å²) in [6, 6.07) is 0. The summed E-state index contributed by atoms with van der Waals surface area (Å²) in [7, 11) is 0. The fourth-order valence-electron chi connectivity index (χ4n) is 0.137. The molecule has 0 rings (SSSR count). The van der Waals surface area contributed by atoms with Crippen LogP contribution in [0.25, 0.3) is 0 Å². The van der Waals surface area contributed by atoms with Gasteiger partial charge in [0.05, 0.1) is 5.25 Å². The predicted octanol–water partition coefficient (Wildman–Crippen LogP) is -3.24. The van der Waals surface area contributed by atoms with Gasteiger partial charge in [0.15, 0.2) is 0 Å². The van der Waals surface area contributed by atoms with E-state index in [0.29, 0.717) is 0 Å². The molecule has 0 aromatic carbocycles. The maximum Gasteiger partial charge on any atom is 1.00 e. The van der Waals surface area contributed by atoms with Gasteiger partial charge in [0.1, 0.15) is 11.4 Å². The average Bonchev–Trinajstić information content (AvgIpc) is 1.63. The molecule has 0 aromatic rings. The largest absolute Gasteiger partial charge is 1.00 e. The molecular formula is C3H6NaO4S2-. The quantitative estimate of drug-likeness (QED) is 0.284. The molecule has 56 valence electrons. The van der Waals surface area contributed by atoms with Crippen molar-refractivity contribution in [3.63, 3.8) is 0 Å². The first-order valence-corrected chi connectivity index (χ1v) is 3.55. The van der Waals surface area contributed by atoms with E-state index in [2.05, 4.69) is 16.8 Å². The molecule has 0 saturated heterocycles. The number of carbonyl (C=O) groups is 1. The van der Waals surface area contributed by atoms with E-state index in [4.69, 9.17) is 0 Å². The molecule has 0 N–H and O–H groups in total. The molecule has 0 aromatic heterocycles. The van der Waals surface area contributed by atoms with Gasteiger partial charge >= 0.3 is 35.5 Å². The van der Waals surface area contributed by atoms with Crippen molar-refractivity contribution in [2.75, 3.05) is 0 Å². The normalized spacial score (nSPS) is 14.7. The van der Waals surface area contributed by atoms with E-state index in [9.17, 15) is 13.6 Å². The first-order chi connectivity index (χ1) is 4.04. The van der Waals surface area contributed by atoms with Crippen molar-refractivity contribution in [2.45, 2.75) is 12.2 Å². The summed E-state index contributed by atoms with van der Waals surface area (Å²) in [6.07, 6.45) is 0. The summed E-state index contributed by atoms with van der Waals surface area (Å²) < 4.78 is 23.0. The van der Waals surface area contributed by atoms with Crippen LogP contribution in [0.4, 0.5) is 0 Å². The van der Waals surface area contributed by atoms with Crippen molar-refractivity contribution in [1.82, 2.24) is 0 Å². The molecular weight excluding hydrogens is 187 g/mol. The number of carbonyl (C=O) groups excluding carboxylic acids is 1. The second-order valence-corrected chi connectivity index (χ2v) is 2.63. The predicted molar refractivity (Wildman–Crippen MR) is 34.6 cm³/mol. The molecule has 0 bridgehead atoms. The third-order valence-electron chi connectivity index (χ3n) is 0.491. The van der Waals surface area contributed by atoms with Crippen LogP contribution in [-0.4, -0.2) is 20.0 Å². The minimum atomic E-state index is -2.76. The Morgan fingerprint density at radius 2 is 2.30 bits per heavy atom. The number of hydrogen-bond acceptors (Lipinski definition) is 5. The molecule has 2 atom stereocenters. The van der Waals surface area contributed by atoms with Crippen LogP contribution in [0.3, 0.4) is 0 Å². The van der Waals surface area contributed by atoms with Crippen LogP contribution in [0.1, 0.15) is 8.35 Å². The van der Waals surface area contributed by atoms with E-state index in [0.717, 1.165) is 0 Å². The van der Waals surface area contributed by atoms with Gasteiger partial charge in [-0.2, -0.15) is 12.6 Å². The Hall–Kier alpha value is 0.930. The van der Waals surface area contributed by atoms with Crippen LogP contribution in [0.2, 0.25) is 0 Å². The van der Waals surface area contributed by atoms with Crippen molar-refractivity contribution in [3.8, 4) is 0 Å². The van der Waals surface area contributed by atoms with Crippen molar-refractivity contribution in [3.05, 3.63) is 0 Å². The van der Waals surface area contributed by atoms with E-state index in [1.807, 2.05) is 0 Å². The fraction of sp³-hybridized carbons (Fsp3) is 0.667. The fourth-order valence-corrected chi connectivity index (χ4v) is 0.539. The summed E-state index contributed by atoms with van der Waals surface area (Å²) in [5.41, 5.74) is 0. The third-order valence-corrected chi connectivity index (χ3v) is 1.00. The topological polar surface area (TPSA) is 66.4 Å². The molecule has 0 aliphatic heterocycles. The molecule has 0 amide bonds. The molecule has 0 fully saturated rings. The average molecular weight is 193 g/mol. The van der Waals surface area contributed by atoms with Crippen LogP contribution in [0.15, 0.2) is 0 Å². The van der Waals surface area contributed by atoms with Crippen molar-refractivity contribution < 1.29 is 48.7 Å². The summed E-state index contributed by atoms with van der Waals surface area (Å²) in [6.45, 7) is 1.41. The van der Waals surface area contributed by atoms with Gasteiger partial charge in [-0.1, -0.05) is 0 Å². The molecule has 4 nitrogen and oxygen atoms in total. The first kappa shape index (κ1) is 13.5. The number of rotatable bonds is 2. The van der Waals surface area contributed by atoms with Gasteiger partial charge in [0.25, 0.3) is 0 Å². The Morgan fingerprint density at radius 1 is 1.90 bits per heavy atom. The van der Waals surface area contributed by atoms with Crippen molar-refractivity contribution in [2.24, 2.45) is 0 Å². The van der Waals surface area contributed by atoms with Gasteiger partial charge in [-0.25, -0.2) is 9.00 Å². The Labute approximate surface area is 90.4 Å². The van der Waals surface area contributed by atoms with Gasteiger partial charge in [-0.05, 0) is 6.92 Å². The van der Waals surface area contributed by atoms with Gasteiger partial charge in [-0.15, -0.1) is 0 Å². The van der Waals surface area contributed by atoms with E-state index >= 15 is 0 Å². The molecule has 0 aliphatic carbocycles. The van der Waals surface area contributed by atoms with E-state index in [-0.39, 0.29) is 31.0 Å². The second kappa shape index (κ2) is 6.63. The standard InChI is InChI=1S/C3H6O4S2.Na.H/c1-2(8)3(4)7-9(5)6;;/h2,8H,1H3,(H,5,6);;/q;+1;-1/p-1.